The van der Waals surface area contributed by atoms with Gasteiger partial charge in [-0.2, -0.15) is 0 Å². The third-order valence-electron chi connectivity index (χ3n) is 3.18. The average molecular weight is 237 g/mol. The lowest BCUT2D eigenvalue weighted by molar-refractivity contribution is 0.415. The van der Waals surface area contributed by atoms with Crippen molar-refractivity contribution in [1.82, 2.24) is 5.32 Å². The monoisotopic (exact) mass is 237 g/mol. The van der Waals surface area contributed by atoms with E-state index in [2.05, 4.69) is 17.5 Å². The Labute approximate surface area is 101 Å². The van der Waals surface area contributed by atoms with Gasteiger partial charge in [0, 0.05) is 23.7 Å². The smallest absolute Gasteiger partial charge is 0.130 e. The van der Waals surface area contributed by atoms with Crippen molar-refractivity contribution < 1.29 is 8.78 Å². The minimum absolute atomic E-state index is 0.0906. The molecule has 1 aliphatic rings. The molecule has 0 saturated heterocycles. The maximum Gasteiger partial charge on any atom is 0.130 e. The van der Waals surface area contributed by atoms with E-state index in [0.717, 1.165) is 25.3 Å². The van der Waals surface area contributed by atoms with E-state index in [1.165, 1.54) is 12.1 Å². The van der Waals surface area contributed by atoms with Gasteiger partial charge in [-0.15, -0.1) is 0 Å². The average Bonchev–Trinajstić information content (AvgIpc) is 2.30. The fraction of sp³-hybridized carbons (Fsp3) is 0.429. The summed E-state index contributed by atoms with van der Waals surface area (Å²) in [5.74, 6) is -1.00. The lowest BCUT2D eigenvalue weighted by Gasteiger charge is -2.24. The second-order valence-electron chi connectivity index (χ2n) is 4.54. The minimum Gasteiger partial charge on any atom is -0.307 e. The predicted molar refractivity (Wildman–Crippen MR) is 64.7 cm³/mol. The molecule has 2 unspecified atom stereocenters. The van der Waals surface area contributed by atoms with E-state index in [9.17, 15) is 8.78 Å². The van der Waals surface area contributed by atoms with Gasteiger partial charge < -0.3 is 5.32 Å². The second-order valence-corrected chi connectivity index (χ2v) is 4.54. The molecule has 0 saturated carbocycles. The number of benzene rings is 1. The van der Waals surface area contributed by atoms with Gasteiger partial charge in [0.2, 0.25) is 0 Å². The van der Waals surface area contributed by atoms with Gasteiger partial charge in [-0.1, -0.05) is 18.2 Å². The number of hydrogen-bond donors (Lipinski definition) is 1. The van der Waals surface area contributed by atoms with Crippen molar-refractivity contribution in [1.29, 1.82) is 0 Å². The summed E-state index contributed by atoms with van der Waals surface area (Å²) in [4.78, 5) is 0. The maximum absolute atomic E-state index is 13.6. The summed E-state index contributed by atoms with van der Waals surface area (Å²) in [7, 11) is 0. The van der Waals surface area contributed by atoms with Gasteiger partial charge in [-0.05, 0) is 32.3 Å². The second kappa shape index (κ2) is 5.41. The van der Waals surface area contributed by atoms with Crippen LogP contribution in [0.2, 0.25) is 0 Å². The summed E-state index contributed by atoms with van der Waals surface area (Å²) in [5.41, 5.74) is 0.529. The summed E-state index contributed by atoms with van der Waals surface area (Å²) in [6.07, 6.45) is 7.43. The topological polar surface area (TPSA) is 12.0 Å². The molecule has 1 aromatic rings. The van der Waals surface area contributed by atoms with Gasteiger partial charge in [-0.3, -0.25) is 0 Å². The standard InChI is InChI=1S/C14H17F2N/c1-10(17-12-5-3-2-4-6-12)13-8-7-11(15)9-14(13)16/h2-3,7-10,12,17H,4-6H2,1H3. The van der Waals surface area contributed by atoms with Crippen LogP contribution in [0.4, 0.5) is 8.78 Å². The van der Waals surface area contributed by atoms with Crippen LogP contribution in [0.3, 0.4) is 0 Å². The van der Waals surface area contributed by atoms with Crippen LogP contribution >= 0.6 is 0 Å². The Morgan fingerprint density at radius 2 is 2.12 bits per heavy atom. The first-order chi connectivity index (χ1) is 8.16. The van der Waals surface area contributed by atoms with E-state index in [1.807, 2.05) is 6.92 Å². The van der Waals surface area contributed by atoms with Crippen LogP contribution in [-0.2, 0) is 0 Å². The van der Waals surface area contributed by atoms with Crippen LogP contribution in [0.25, 0.3) is 0 Å². The van der Waals surface area contributed by atoms with E-state index in [1.54, 1.807) is 0 Å². The van der Waals surface area contributed by atoms with Crippen LogP contribution in [0.15, 0.2) is 30.4 Å². The molecule has 1 aliphatic carbocycles. The summed E-state index contributed by atoms with van der Waals surface area (Å²) in [6.45, 7) is 1.91. The van der Waals surface area contributed by atoms with Crippen molar-refractivity contribution in [2.75, 3.05) is 0 Å². The molecule has 0 radical (unpaired) electrons. The quantitative estimate of drug-likeness (QED) is 0.790. The van der Waals surface area contributed by atoms with E-state index in [4.69, 9.17) is 0 Å². The highest BCUT2D eigenvalue weighted by Gasteiger charge is 2.16. The zero-order valence-electron chi connectivity index (χ0n) is 9.92. The SMILES string of the molecule is CC(NC1CC=CCC1)c1ccc(F)cc1F. The molecule has 0 heterocycles. The molecule has 0 amide bonds. The van der Waals surface area contributed by atoms with Gasteiger partial charge >= 0.3 is 0 Å². The molecule has 0 fully saturated rings. The molecule has 0 spiro atoms. The normalized spacial score (nSPS) is 21.5. The molecule has 1 N–H and O–H groups in total. The van der Waals surface area contributed by atoms with E-state index in [-0.39, 0.29) is 6.04 Å². The minimum atomic E-state index is -0.529. The Morgan fingerprint density at radius 3 is 2.76 bits per heavy atom. The van der Waals surface area contributed by atoms with Gasteiger partial charge in [-0.25, -0.2) is 8.78 Å². The van der Waals surface area contributed by atoms with Crippen LogP contribution in [-0.4, -0.2) is 6.04 Å². The lowest BCUT2D eigenvalue weighted by atomic mass is 9.99. The molecule has 0 aromatic heterocycles. The summed E-state index contributed by atoms with van der Waals surface area (Å²) < 4.78 is 26.4. The Kier molecular flexibility index (Phi) is 3.89. The fourth-order valence-corrected chi connectivity index (χ4v) is 2.24. The molecule has 1 aromatic carbocycles. The number of halogens is 2. The highest BCUT2D eigenvalue weighted by atomic mass is 19.1. The first-order valence-electron chi connectivity index (χ1n) is 6.03. The van der Waals surface area contributed by atoms with Crippen LogP contribution in [0.5, 0.6) is 0 Å². The van der Waals surface area contributed by atoms with Gasteiger partial charge in [0.25, 0.3) is 0 Å². The molecule has 0 bridgehead atoms. The van der Waals surface area contributed by atoms with E-state index < -0.39 is 11.6 Å². The molecule has 0 aliphatic heterocycles. The molecule has 1 nitrogen and oxygen atoms in total. The van der Waals surface area contributed by atoms with E-state index >= 15 is 0 Å². The zero-order chi connectivity index (χ0) is 12.3. The number of hydrogen-bond acceptors (Lipinski definition) is 1. The van der Waals surface area contributed by atoms with Gasteiger partial charge in [0.15, 0.2) is 0 Å². The number of rotatable bonds is 3. The fourth-order valence-electron chi connectivity index (χ4n) is 2.24. The van der Waals surface area contributed by atoms with Crippen LogP contribution in [0.1, 0.15) is 37.8 Å². The third-order valence-corrected chi connectivity index (χ3v) is 3.18. The molecule has 92 valence electrons. The highest BCUT2D eigenvalue weighted by molar-refractivity contribution is 5.21. The van der Waals surface area contributed by atoms with Gasteiger partial charge in [0.1, 0.15) is 11.6 Å². The zero-order valence-corrected chi connectivity index (χ0v) is 9.92. The Bertz CT molecular complexity index is 415. The van der Waals surface area contributed by atoms with Crippen LogP contribution in [0, 0.1) is 11.6 Å². The first-order valence-corrected chi connectivity index (χ1v) is 6.03. The van der Waals surface area contributed by atoms with Crippen molar-refractivity contribution in [3.8, 4) is 0 Å². The Hall–Kier alpha value is -1.22. The molecule has 3 heteroatoms. The number of allylic oxidation sites excluding steroid dienone is 1. The Balaban J connectivity index is 2.03. The van der Waals surface area contributed by atoms with Crippen molar-refractivity contribution in [3.05, 3.63) is 47.5 Å². The number of nitrogens with one attached hydrogen (secondary N) is 1. The molecular formula is C14H17F2N. The molecule has 17 heavy (non-hydrogen) atoms. The Morgan fingerprint density at radius 1 is 1.29 bits per heavy atom. The first kappa shape index (κ1) is 12.2. The van der Waals surface area contributed by atoms with Crippen molar-refractivity contribution in [3.63, 3.8) is 0 Å². The largest absolute Gasteiger partial charge is 0.307 e. The van der Waals surface area contributed by atoms with Crippen LogP contribution < -0.4 is 5.32 Å². The lowest BCUT2D eigenvalue weighted by Crippen LogP contribution is -2.32. The van der Waals surface area contributed by atoms with Crippen molar-refractivity contribution >= 4 is 0 Å². The third kappa shape index (κ3) is 3.13. The molecule has 2 atom stereocenters. The summed E-state index contributed by atoms with van der Waals surface area (Å²) in [5, 5.41) is 3.38. The maximum atomic E-state index is 13.6. The van der Waals surface area contributed by atoms with Crippen molar-refractivity contribution in [2.24, 2.45) is 0 Å². The predicted octanol–water partition coefficient (Wildman–Crippen LogP) is 3.72. The molecular weight excluding hydrogens is 220 g/mol. The molecule has 2 rings (SSSR count). The highest BCUT2D eigenvalue weighted by Crippen LogP contribution is 2.20. The summed E-state index contributed by atoms with van der Waals surface area (Å²) in [6, 6.07) is 4.05. The van der Waals surface area contributed by atoms with Gasteiger partial charge in [0.05, 0.1) is 0 Å². The van der Waals surface area contributed by atoms with Crippen molar-refractivity contribution in [2.45, 2.75) is 38.3 Å². The summed E-state index contributed by atoms with van der Waals surface area (Å²) >= 11 is 0. The van der Waals surface area contributed by atoms with E-state index in [0.29, 0.717) is 11.6 Å².